The summed E-state index contributed by atoms with van der Waals surface area (Å²) in [7, 11) is 0. The summed E-state index contributed by atoms with van der Waals surface area (Å²) in [5.41, 5.74) is 3.93. The minimum atomic E-state index is -0.0105. The maximum absolute atomic E-state index is 12.3. The Morgan fingerprint density at radius 2 is 1.86 bits per heavy atom. The van der Waals surface area contributed by atoms with Crippen LogP contribution in [0.3, 0.4) is 0 Å². The van der Waals surface area contributed by atoms with Gasteiger partial charge in [-0.1, -0.05) is 30.3 Å². The first-order valence-electron chi connectivity index (χ1n) is 9.21. The lowest BCUT2D eigenvalue weighted by Gasteiger charge is -2.07. The first kappa shape index (κ1) is 17.7. The predicted octanol–water partition coefficient (Wildman–Crippen LogP) is 3.69. The van der Waals surface area contributed by atoms with Crippen molar-refractivity contribution in [3.8, 4) is 5.69 Å². The topological polar surface area (TPSA) is 64.7 Å². The van der Waals surface area contributed by atoms with Crippen LogP contribution in [0.25, 0.3) is 5.69 Å². The van der Waals surface area contributed by atoms with E-state index in [9.17, 15) is 4.79 Å². The highest BCUT2D eigenvalue weighted by Crippen LogP contribution is 2.13. The summed E-state index contributed by atoms with van der Waals surface area (Å²) in [5.74, 6) is -0.0105. The number of hydrogen-bond acceptors (Lipinski definition) is 3. The Morgan fingerprint density at radius 3 is 2.68 bits per heavy atom. The molecule has 2 aromatic carbocycles. The molecule has 6 heteroatoms. The number of nitrogens with one attached hydrogen (secondary N) is 1. The largest absolute Gasteiger partial charge is 0.326 e. The van der Waals surface area contributed by atoms with Gasteiger partial charge >= 0.3 is 0 Å². The molecule has 4 aromatic rings. The lowest BCUT2D eigenvalue weighted by atomic mass is 10.1. The molecule has 1 N–H and O–H groups in total. The highest BCUT2D eigenvalue weighted by atomic mass is 16.1. The fourth-order valence-corrected chi connectivity index (χ4v) is 3.02. The number of aryl methyl sites for hydroxylation is 1. The van der Waals surface area contributed by atoms with Gasteiger partial charge < -0.3 is 5.32 Å². The van der Waals surface area contributed by atoms with Gasteiger partial charge in [0.05, 0.1) is 18.4 Å². The number of carbonyl (C=O) groups excluding carboxylic acids is 1. The molecule has 140 valence electrons. The zero-order valence-electron chi connectivity index (χ0n) is 15.4. The molecule has 1 amide bonds. The highest BCUT2D eigenvalue weighted by molar-refractivity contribution is 5.90. The lowest BCUT2D eigenvalue weighted by molar-refractivity contribution is -0.116. The van der Waals surface area contributed by atoms with Crippen LogP contribution in [0.15, 0.2) is 85.5 Å². The van der Waals surface area contributed by atoms with E-state index in [-0.39, 0.29) is 5.91 Å². The third-order valence-corrected chi connectivity index (χ3v) is 4.41. The molecule has 2 aromatic heterocycles. The maximum atomic E-state index is 12.3. The summed E-state index contributed by atoms with van der Waals surface area (Å²) in [6.45, 7) is 0.676. The van der Waals surface area contributed by atoms with Crippen molar-refractivity contribution >= 4 is 11.6 Å². The molecule has 0 aliphatic carbocycles. The number of rotatable bonds is 7. The summed E-state index contributed by atoms with van der Waals surface area (Å²) in [6, 6.07) is 19.7. The van der Waals surface area contributed by atoms with Crippen molar-refractivity contribution in [1.29, 1.82) is 0 Å². The first-order valence-corrected chi connectivity index (χ1v) is 9.21. The zero-order chi connectivity index (χ0) is 19.2. The molecule has 0 saturated carbocycles. The van der Waals surface area contributed by atoms with Gasteiger partial charge in [-0.2, -0.15) is 10.2 Å². The smallest absolute Gasteiger partial charge is 0.224 e. The van der Waals surface area contributed by atoms with E-state index in [4.69, 9.17) is 0 Å². The van der Waals surface area contributed by atoms with Crippen LogP contribution in [-0.2, 0) is 17.8 Å². The molecule has 0 unspecified atom stereocenters. The van der Waals surface area contributed by atoms with Gasteiger partial charge in [-0.15, -0.1) is 0 Å². The van der Waals surface area contributed by atoms with E-state index in [2.05, 4.69) is 15.5 Å². The summed E-state index contributed by atoms with van der Waals surface area (Å²) >= 11 is 0. The van der Waals surface area contributed by atoms with Gasteiger partial charge in [0.2, 0.25) is 5.91 Å². The number of para-hydroxylation sites is 1. The molecule has 0 aliphatic rings. The summed E-state index contributed by atoms with van der Waals surface area (Å²) in [4.78, 5) is 12.3. The van der Waals surface area contributed by atoms with Crippen molar-refractivity contribution in [1.82, 2.24) is 19.6 Å². The fourth-order valence-electron chi connectivity index (χ4n) is 3.02. The molecule has 0 spiro atoms. The van der Waals surface area contributed by atoms with Crippen LogP contribution in [-0.4, -0.2) is 25.5 Å². The summed E-state index contributed by atoms with van der Waals surface area (Å²) in [5, 5.41) is 11.6. The SMILES string of the molecule is O=C(CCc1cnn(-c2ccccc2)c1)Nc1cccc(Cn2cccn2)c1. The molecular formula is C22H21N5O. The number of amides is 1. The molecule has 0 fully saturated rings. The van der Waals surface area contributed by atoms with E-state index >= 15 is 0 Å². The maximum Gasteiger partial charge on any atom is 0.224 e. The number of nitrogens with zero attached hydrogens (tertiary/aromatic N) is 4. The molecule has 4 rings (SSSR count). The Morgan fingerprint density at radius 1 is 0.964 bits per heavy atom. The van der Waals surface area contributed by atoms with Crippen molar-refractivity contribution in [2.75, 3.05) is 5.32 Å². The van der Waals surface area contributed by atoms with Crippen molar-refractivity contribution in [2.45, 2.75) is 19.4 Å². The van der Waals surface area contributed by atoms with Gasteiger partial charge in [0.1, 0.15) is 0 Å². The van der Waals surface area contributed by atoms with Gasteiger partial charge in [0.25, 0.3) is 0 Å². The predicted molar refractivity (Wildman–Crippen MR) is 108 cm³/mol. The monoisotopic (exact) mass is 371 g/mol. The van der Waals surface area contributed by atoms with E-state index in [1.54, 1.807) is 6.20 Å². The normalized spacial score (nSPS) is 10.7. The van der Waals surface area contributed by atoms with Crippen LogP contribution < -0.4 is 5.32 Å². The van der Waals surface area contributed by atoms with Crippen molar-refractivity contribution in [3.05, 3.63) is 96.6 Å². The van der Waals surface area contributed by atoms with Gasteiger partial charge in [0.15, 0.2) is 0 Å². The molecule has 6 nitrogen and oxygen atoms in total. The molecule has 0 bridgehead atoms. The van der Waals surface area contributed by atoms with Crippen molar-refractivity contribution in [3.63, 3.8) is 0 Å². The average molecular weight is 371 g/mol. The summed E-state index contributed by atoms with van der Waals surface area (Å²) < 4.78 is 3.68. The van der Waals surface area contributed by atoms with E-state index in [1.165, 1.54) is 0 Å². The zero-order valence-corrected chi connectivity index (χ0v) is 15.4. The number of anilines is 1. The number of carbonyl (C=O) groups is 1. The quantitative estimate of drug-likeness (QED) is 0.539. The lowest BCUT2D eigenvalue weighted by Crippen LogP contribution is -2.12. The van der Waals surface area contributed by atoms with Crippen LogP contribution in [0.1, 0.15) is 17.5 Å². The van der Waals surface area contributed by atoms with Crippen LogP contribution in [0.2, 0.25) is 0 Å². The summed E-state index contributed by atoms with van der Waals surface area (Å²) in [6.07, 6.45) is 8.50. The van der Waals surface area contributed by atoms with E-state index < -0.39 is 0 Å². The molecule has 2 heterocycles. The Kier molecular flexibility index (Phi) is 5.29. The van der Waals surface area contributed by atoms with Crippen LogP contribution >= 0.6 is 0 Å². The standard InChI is InChI=1S/C22H21N5O/c28-22(11-10-19-15-24-27(17-19)21-8-2-1-3-9-21)25-20-7-4-6-18(14-20)16-26-13-5-12-23-26/h1-9,12-15,17H,10-11,16H2,(H,25,28). The average Bonchev–Trinajstić information content (AvgIpc) is 3.39. The minimum absolute atomic E-state index is 0.0105. The van der Waals surface area contributed by atoms with Gasteiger partial charge in [-0.25, -0.2) is 4.68 Å². The third kappa shape index (κ3) is 4.54. The molecule has 0 radical (unpaired) electrons. The van der Waals surface area contributed by atoms with E-state index in [0.717, 1.165) is 22.5 Å². The minimum Gasteiger partial charge on any atom is -0.326 e. The van der Waals surface area contributed by atoms with Crippen LogP contribution in [0.5, 0.6) is 0 Å². The van der Waals surface area contributed by atoms with Gasteiger partial charge in [0, 0.05) is 30.7 Å². The first-order chi connectivity index (χ1) is 13.8. The van der Waals surface area contributed by atoms with Crippen LogP contribution in [0, 0.1) is 0 Å². The second kappa shape index (κ2) is 8.35. The van der Waals surface area contributed by atoms with Crippen LogP contribution in [0.4, 0.5) is 5.69 Å². The Bertz CT molecular complexity index is 1040. The number of hydrogen-bond donors (Lipinski definition) is 1. The van der Waals surface area contributed by atoms with Crippen molar-refractivity contribution < 1.29 is 4.79 Å². The van der Waals surface area contributed by atoms with Gasteiger partial charge in [-0.3, -0.25) is 9.48 Å². The van der Waals surface area contributed by atoms with Crippen molar-refractivity contribution in [2.24, 2.45) is 0 Å². The third-order valence-electron chi connectivity index (χ3n) is 4.41. The van der Waals surface area contributed by atoms with E-state index in [1.807, 2.05) is 88.6 Å². The molecule has 0 atom stereocenters. The molecule has 28 heavy (non-hydrogen) atoms. The highest BCUT2D eigenvalue weighted by Gasteiger charge is 2.07. The number of benzene rings is 2. The Balaban J connectivity index is 1.32. The Hall–Kier alpha value is -3.67. The number of aromatic nitrogens is 4. The second-order valence-corrected chi connectivity index (χ2v) is 6.58. The van der Waals surface area contributed by atoms with Gasteiger partial charge in [-0.05, 0) is 47.9 Å². The molecular weight excluding hydrogens is 350 g/mol. The molecule has 0 saturated heterocycles. The molecule has 0 aliphatic heterocycles. The van der Waals surface area contributed by atoms with E-state index in [0.29, 0.717) is 19.4 Å². The fraction of sp³-hybridized carbons (Fsp3) is 0.136. The second-order valence-electron chi connectivity index (χ2n) is 6.58. The Labute approximate surface area is 163 Å².